The predicted octanol–water partition coefficient (Wildman–Crippen LogP) is 4.36. The van der Waals surface area contributed by atoms with E-state index in [0.29, 0.717) is 0 Å². The Balaban J connectivity index is 3.58. The standard InChI is InChI=1S/C6H2Cl2F3NS2/c7-1-2(13)3(14)5(8)12-4(1)6(9,10)11/h14H,(H,12,13). The molecule has 1 aromatic rings. The van der Waals surface area contributed by atoms with Gasteiger partial charge in [-0.05, 0) is 0 Å². The Morgan fingerprint density at radius 2 is 1.79 bits per heavy atom. The number of aromatic nitrogens is 1. The summed E-state index contributed by atoms with van der Waals surface area (Å²) in [6.07, 6.45) is -4.62. The van der Waals surface area contributed by atoms with Gasteiger partial charge in [-0.2, -0.15) is 13.2 Å². The number of hydrogen-bond acceptors (Lipinski definition) is 2. The van der Waals surface area contributed by atoms with E-state index in [0.717, 1.165) is 0 Å². The second-order valence-electron chi connectivity index (χ2n) is 2.30. The average molecular weight is 280 g/mol. The zero-order chi connectivity index (χ0) is 11.1. The highest BCUT2D eigenvalue weighted by Crippen LogP contribution is 2.37. The van der Waals surface area contributed by atoms with Crippen molar-refractivity contribution in [2.45, 2.75) is 11.1 Å². The summed E-state index contributed by atoms with van der Waals surface area (Å²) in [4.78, 5) is 1.92. The first kappa shape index (κ1) is 12.2. The fourth-order valence-corrected chi connectivity index (χ4v) is 1.67. The molecule has 0 atom stereocenters. The van der Waals surface area contributed by atoms with Crippen molar-refractivity contribution < 1.29 is 13.2 Å². The van der Waals surface area contributed by atoms with E-state index in [1.54, 1.807) is 0 Å². The number of alkyl halides is 3. The van der Waals surface area contributed by atoms with Crippen LogP contribution < -0.4 is 0 Å². The third kappa shape index (κ3) is 2.18. The molecule has 0 radical (unpaired) electrons. The third-order valence-corrected chi connectivity index (χ3v) is 3.27. The summed E-state index contributed by atoms with van der Waals surface area (Å²) in [5.74, 6) is 0. The molecule has 0 unspecified atom stereocenters. The van der Waals surface area contributed by atoms with E-state index < -0.39 is 16.9 Å². The Kier molecular flexibility index (Phi) is 3.41. The van der Waals surface area contributed by atoms with Gasteiger partial charge in [-0.15, -0.1) is 12.6 Å². The highest BCUT2D eigenvalue weighted by atomic mass is 35.5. The molecule has 0 saturated heterocycles. The number of H-pyrrole nitrogens is 1. The molecule has 0 bridgehead atoms. The lowest BCUT2D eigenvalue weighted by atomic mass is 10.3. The number of hydrogen-bond donors (Lipinski definition) is 2. The van der Waals surface area contributed by atoms with Crippen LogP contribution in [-0.2, 0) is 6.18 Å². The van der Waals surface area contributed by atoms with E-state index in [9.17, 15) is 13.2 Å². The van der Waals surface area contributed by atoms with E-state index in [1.807, 2.05) is 4.98 Å². The number of halogens is 5. The smallest absolute Gasteiger partial charge is 0.340 e. The molecule has 8 heteroatoms. The number of nitrogens with one attached hydrogen (secondary N) is 1. The molecule has 0 aliphatic rings. The van der Waals surface area contributed by atoms with Crippen LogP contribution in [0.25, 0.3) is 0 Å². The van der Waals surface area contributed by atoms with Crippen molar-refractivity contribution in [1.82, 2.24) is 4.98 Å². The van der Waals surface area contributed by atoms with Crippen molar-refractivity contribution in [2.75, 3.05) is 0 Å². The Labute approximate surface area is 97.6 Å². The van der Waals surface area contributed by atoms with E-state index >= 15 is 0 Å². The Hall–Kier alpha value is 0.0900. The summed E-state index contributed by atoms with van der Waals surface area (Å²) in [6.45, 7) is 0. The summed E-state index contributed by atoms with van der Waals surface area (Å²) in [6, 6.07) is 0. The van der Waals surface area contributed by atoms with Crippen molar-refractivity contribution in [3.63, 3.8) is 0 Å². The van der Waals surface area contributed by atoms with E-state index in [2.05, 4.69) is 24.8 Å². The molecule has 1 N–H and O–H groups in total. The van der Waals surface area contributed by atoms with Gasteiger partial charge in [0.25, 0.3) is 0 Å². The molecule has 0 aliphatic heterocycles. The zero-order valence-corrected chi connectivity index (χ0v) is 9.47. The molecule has 0 aliphatic carbocycles. The molecule has 0 aromatic carbocycles. The second kappa shape index (κ2) is 3.92. The zero-order valence-electron chi connectivity index (χ0n) is 6.25. The van der Waals surface area contributed by atoms with Crippen LogP contribution in [0.1, 0.15) is 5.69 Å². The molecule has 14 heavy (non-hydrogen) atoms. The highest BCUT2D eigenvalue weighted by Gasteiger charge is 2.35. The number of thiol groups is 1. The van der Waals surface area contributed by atoms with Crippen molar-refractivity contribution in [1.29, 1.82) is 0 Å². The molecular formula is C6H2Cl2F3NS2. The Morgan fingerprint density at radius 1 is 1.29 bits per heavy atom. The van der Waals surface area contributed by atoms with Crippen LogP contribution in [0.4, 0.5) is 13.2 Å². The first-order valence-electron chi connectivity index (χ1n) is 3.12. The van der Waals surface area contributed by atoms with Crippen molar-refractivity contribution >= 4 is 48.0 Å². The lowest BCUT2D eigenvalue weighted by Gasteiger charge is -2.10. The Morgan fingerprint density at radius 3 is 2.21 bits per heavy atom. The molecule has 1 aromatic heterocycles. The first-order valence-corrected chi connectivity index (χ1v) is 4.73. The average Bonchev–Trinajstić information content (AvgIpc) is 2.06. The van der Waals surface area contributed by atoms with Crippen molar-refractivity contribution in [3.05, 3.63) is 20.4 Å². The SMILES string of the molecule is FC(F)(F)c1[nH]c(Cl)c(S)c(=S)c1Cl. The maximum Gasteiger partial charge on any atom is 0.432 e. The van der Waals surface area contributed by atoms with Crippen LogP contribution >= 0.6 is 48.0 Å². The highest BCUT2D eigenvalue weighted by molar-refractivity contribution is 7.81. The lowest BCUT2D eigenvalue weighted by Crippen LogP contribution is -2.09. The third-order valence-electron chi connectivity index (χ3n) is 1.36. The summed E-state index contributed by atoms with van der Waals surface area (Å²) in [5, 5.41) is -0.878. The second-order valence-corrected chi connectivity index (χ2v) is 3.91. The normalized spacial score (nSPS) is 11.9. The topological polar surface area (TPSA) is 15.8 Å². The van der Waals surface area contributed by atoms with E-state index in [4.69, 9.17) is 23.2 Å². The monoisotopic (exact) mass is 279 g/mol. The van der Waals surface area contributed by atoms with Crippen molar-refractivity contribution in [2.24, 2.45) is 0 Å². The molecule has 0 fully saturated rings. The fourth-order valence-electron chi connectivity index (χ4n) is 0.736. The molecule has 0 spiro atoms. The molecular weight excluding hydrogens is 278 g/mol. The largest absolute Gasteiger partial charge is 0.432 e. The van der Waals surface area contributed by atoms with Crippen LogP contribution in [0.5, 0.6) is 0 Å². The number of aromatic amines is 1. The van der Waals surface area contributed by atoms with Crippen LogP contribution in [0, 0.1) is 4.51 Å². The van der Waals surface area contributed by atoms with Crippen LogP contribution in [0.15, 0.2) is 4.90 Å². The molecule has 0 saturated carbocycles. The van der Waals surface area contributed by atoms with Crippen LogP contribution in [-0.4, -0.2) is 4.98 Å². The van der Waals surface area contributed by atoms with Gasteiger partial charge < -0.3 is 4.98 Å². The minimum absolute atomic E-state index is 0.0275. The van der Waals surface area contributed by atoms with Crippen LogP contribution in [0.3, 0.4) is 0 Å². The summed E-state index contributed by atoms with van der Waals surface area (Å²) in [5.41, 5.74) is -1.16. The lowest BCUT2D eigenvalue weighted by molar-refractivity contribution is -0.141. The molecule has 0 amide bonds. The van der Waals surface area contributed by atoms with Crippen molar-refractivity contribution in [3.8, 4) is 0 Å². The molecule has 1 rings (SSSR count). The van der Waals surface area contributed by atoms with Gasteiger partial charge in [0.05, 0.1) is 14.4 Å². The molecule has 1 heterocycles. The minimum Gasteiger partial charge on any atom is -0.340 e. The number of rotatable bonds is 0. The van der Waals surface area contributed by atoms with Gasteiger partial charge in [-0.1, -0.05) is 35.4 Å². The molecule has 78 valence electrons. The van der Waals surface area contributed by atoms with E-state index in [1.165, 1.54) is 0 Å². The van der Waals surface area contributed by atoms with E-state index in [-0.39, 0.29) is 14.6 Å². The molecule has 1 nitrogen and oxygen atoms in total. The van der Waals surface area contributed by atoms with Gasteiger partial charge in [0.1, 0.15) is 10.8 Å². The quantitative estimate of drug-likeness (QED) is 0.410. The van der Waals surface area contributed by atoms with Gasteiger partial charge >= 0.3 is 6.18 Å². The maximum atomic E-state index is 12.3. The van der Waals surface area contributed by atoms with Crippen LogP contribution in [0.2, 0.25) is 10.2 Å². The maximum absolute atomic E-state index is 12.3. The fraction of sp³-hybridized carbons (Fsp3) is 0.167. The van der Waals surface area contributed by atoms with Gasteiger partial charge in [0, 0.05) is 0 Å². The van der Waals surface area contributed by atoms with Gasteiger partial charge in [0.2, 0.25) is 0 Å². The first-order chi connectivity index (χ1) is 6.25. The Bertz CT molecular complexity index is 426. The predicted molar refractivity (Wildman–Crippen MR) is 53.9 cm³/mol. The number of pyridine rings is 1. The van der Waals surface area contributed by atoms with Gasteiger partial charge in [-0.25, -0.2) is 0 Å². The van der Waals surface area contributed by atoms with Gasteiger partial charge in [-0.3, -0.25) is 0 Å². The minimum atomic E-state index is -4.62. The summed E-state index contributed by atoms with van der Waals surface area (Å²) < 4.78 is 36.7. The summed E-state index contributed by atoms with van der Waals surface area (Å²) in [7, 11) is 0. The van der Waals surface area contributed by atoms with Gasteiger partial charge in [0.15, 0.2) is 0 Å². The summed E-state index contributed by atoms with van der Waals surface area (Å²) >= 11 is 19.3.